The number of β-amino-alcohol motifs (C(OH)–C–C–N with tert-alkyl or cyclic N) is 1. The van der Waals surface area contributed by atoms with E-state index in [4.69, 9.17) is 4.42 Å². The van der Waals surface area contributed by atoms with E-state index < -0.39 is 23.6 Å². The maximum Gasteiger partial charge on any atom is 0.246 e. The number of carbonyl (C=O) groups is 3. The molecule has 1 aliphatic rings. The third-order valence-electron chi connectivity index (χ3n) is 8.67. The second-order valence-corrected chi connectivity index (χ2v) is 14.2. The van der Waals surface area contributed by atoms with Crippen molar-refractivity contribution in [1.29, 1.82) is 0 Å². The number of aliphatic hydroxyl groups excluding tert-OH is 1. The Hall–Kier alpha value is -3.20. The van der Waals surface area contributed by atoms with Crippen molar-refractivity contribution in [3.8, 4) is 11.3 Å². The van der Waals surface area contributed by atoms with Gasteiger partial charge in [-0.1, -0.05) is 79.7 Å². The average molecular weight is 583 g/mol. The lowest BCUT2D eigenvalue weighted by Gasteiger charge is -2.36. The molecule has 0 spiro atoms. The smallest absolute Gasteiger partial charge is 0.246 e. The number of carbonyl (C=O) groups excluding carboxylic acids is 3. The van der Waals surface area contributed by atoms with Gasteiger partial charge in [-0.25, -0.2) is 4.98 Å². The third-order valence-corrected chi connectivity index (χ3v) is 8.67. The molecule has 1 aromatic carbocycles. The van der Waals surface area contributed by atoms with Crippen molar-refractivity contribution in [2.75, 3.05) is 6.54 Å². The number of aliphatic hydroxyl groups is 1. The molecule has 0 radical (unpaired) electrons. The molecule has 1 aliphatic heterocycles. The first-order valence-electron chi connectivity index (χ1n) is 15.0. The van der Waals surface area contributed by atoms with E-state index >= 15 is 0 Å². The van der Waals surface area contributed by atoms with Crippen LogP contribution in [0.3, 0.4) is 0 Å². The van der Waals surface area contributed by atoms with Gasteiger partial charge in [-0.3, -0.25) is 14.4 Å². The van der Waals surface area contributed by atoms with Crippen LogP contribution in [0.4, 0.5) is 0 Å². The number of aryl methyl sites for hydroxylation is 1. The predicted molar refractivity (Wildman–Crippen MR) is 163 cm³/mol. The molecule has 3 amide bonds. The van der Waals surface area contributed by atoms with Crippen molar-refractivity contribution in [3.05, 3.63) is 41.9 Å². The molecule has 6 atom stereocenters. The first-order valence-corrected chi connectivity index (χ1v) is 15.0. The molecular weight excluding hydrogens is 532 g/mol. The Labute approximate surface area is 250 Å². The minimum atomic E-state index is -0.845. The Morgan fingerprint density at radius 3 is 2.17 bits per heavy atom. The van der Waals surface area contributed by atoms with Crippen LogP contribution in [0.2, 0.25) is 0 Å². The van der Waals surface area contributed by atoms with Gasteiger partial charge in [-0.2, -0.15) is 0 Å². The molecule has 3 N–H and O–H groups in total. The van der Waals surface area contributed by atoms with Gasteiger partial charge in [0.1, 0.15) is 12.1 Å². The normalized spacial score (nSPS) is 20.5. The highest BCUT2D eigenvalue weighted by atomic mass is 16.3. The SMILES string of the molecule is Cc1ncoc1-c1ccc(C(C)NC(=O)C2CC(O)CN2C(=O)C(NC(=O)C(C)CC(C)C(C)(C)C)C(C)(C)C)cc1. The highest BCUT2D eigenvalue weighted by Crippen LogP contribution is 2.32. The fourth-order valence-electron chi connectivity index (χ4n) is 5.29. The lowest BCUT2D eigenvalue weighted by molar-refractivity contribution is -0.144. The molecule has 1 saturated heterocycles. The first-order chi connectivity index (χ1) is 19.4. The van der Waals surface area contributed by atoms with Crippen molar-refractivity contribution < 1.29 is 23.9 Å². The molecule has 232 valence electrons. The second kappa shape index (κ2) is 13.0. The number of oxazole rings is 1. The summed E-state index contributed by atoms with van der Waals surface area (Å²) < 4.78 is 5.47. The standard InChI is InChI=1S/C33H50N4O5/c1-19(15-20(2)32(5,6)7)29(39)36-28(33(8,9)10)31(41)37-17-25(38)16-26(37)30(40)35-21(3)23-11-13-24(14-12-23)27-22(4)34-18-42-27/h11-14,18-21,25-26,28,38H,15-17H2,1-10H3,(H,35,40)(H,36,39). The summed E-state index contributed by atoms with van der Waals surface area (Å²) in [6, 6.07) is 5.65. The zero-order valence-corrected chi connectivity index (χ0v) is 26.9. The molecular formula is C33H50N4O5. The number of aromatic nitrogens is 1. The van der Waals surface area contributed by atoms with Crippen molar-refractivity contribution in [3.63, 3.8) is 0 Å². The summed E-state index contributed by atoms with van der Waals surface area (Å²) >= 11 is 0. The fraction of sp³-hybridized carbons (Fsp3) is 0.636. The second-order valence-electron chi connectivity index (χ2n) is 14.2. The van der Waals surface area contributed by atoms with Crippen LogP contribution in [0.15, 0.2) is 35.1 Å². The van der Waals surface area contributed by atoms with Crippen LogP contribution in [-0.4, -0.2) is 57.4 Å². The average Bonchev–Trinajstić information content (AvgIpc) is 3.50. The largest absolute Gasteiger partial charge is 0.443 e. The van der Waals surface area contributed by atoms with Gasteiger partial charge < -0.3 is 25.1 Å². The predicted octanol–water partition coefficient (Wildman–Crippen LogP) is 5.03. The minimum absolute atomic E-state index is 0.0373. The summed E-state index contributed by atoms with van der Waals surface area (Å²) in [6.45, 7) is 20.0. The quantitative estimate of drug-likeness (QED) is 0.381. The number of nitrogens with one attached hydrogen (secondary N) is 2. The van der Waals surface area contributed by atoms with E-state index in [9.17, 15) is 19.5 Å². The molecule has 1 aromatic heterocycles. The van der Waals surface area contributed by atoms with Gasteiger partial charge in [0.25, 0.3) is 0 Å². The van der Waals surface area contributed by atoms with Gasteiger partial charge in [-0.15, -0.1) is 0 Å². The van der Waals surface area contributed by atoms with E-state index in [1.807, 2.05) is 65.8 Å². The molecule has 42 heavy (non-hydrogen) atoms. The molecule has 0 aliphatic carbocycles. The number of amides is 3. The van der Waals surface area contributed by atoms with Gasteiger partial charge in [0, 0.05) is 24.4 Å². The molecule has 9 heteroatoms. The lowest BCUT2D eigenvalue weighted by atomic mass is 9.77. The highest BCUT2D eigenvalue weighted by molar-refractivity contribution is 5.93. The molecule has 2 aromatic rings. The van der Waals surface area contributed by atoms with Gasteiger partial charge in [0.2, 0.25) is 17.7 Å². The Bertz CT molecular complexity index is 1240. The van der Waals surface area contributed by atoms with Crippen LogP contribution in [0, 0.1) is 29.6 Å². The number of nitrogens with zero attached hydrogens (tertiary/aromatic N) is 2. The Balaban J connectivity index is 1.71. The topological polar surface area (TPSA) is 125 Å². The van der Waals surface area contributed by atoms with E-state index in [2.05, 4.69) is 43.3 Å². The summed E-state index contributed by atoms with van der Waals surface area (Å²) in [7, 11) is 0. The molecule has 2 heterocycles. The monoisotopic (exact) mass is 582 g/mol. The van der Waals surface area contributed by atoms with Crippen molar-refractivity contribution >= 4 is 17.7 Å². The number of rotatable bonds is 9. The van der Waals surface area contributed by atoms with Crippen molar-refractivity contribution in [2.24, 2.45) is 22.7 Å². The first kappa shape index (κ1) is 33.3. The minimum Gasteiger partial charge on any atom is -0.443 e. The number of likely N-dealkylation sites (tertiary alicyclic amines) is 1. The van der Waals surface area contributed by atoms with Crippen LogP contribution in [0.1, 0.15) is 92.5 Å². The zero-order valence-electron chi connectivity index (χ0n) is 26.9. The van der Waals surface area contributed by atoms with Gasteiger partial charge in [0.05, 0.1) is 17.8 Å². The van der Waals surface area contributed by atoms with Crippen LogP contribution >= 0.6 is 0 Å². The van der Waals surface area contributed by atoms with Crippen LogP contribution in [0.5, 0.6) is 0 Å². The summed E-state index contributed by atoms with van der Waals surface area (Å²) in [5.41, 5.74) is 2.04. The summed E-state index contributed by atoms with van der Waals surface area (Å²) in [5, 5.41) is 16.5. The Kier molecular flexibility index (Phi) is 10.3. The summed E-state index contributed by atoms with van der Waals surface area (Å²) in [5.74, 6) is -0.144. The van der Waals surface area contributed by atoms with Gasteiger partial charge in [0.15, 0.2) is 12.2 Å². The van der Waals surface area contributed by atoms with Crippen molar-refractivity contribution in [1.82, 2.24) is 20.5 Å². The van der Waals surface area contributed by atoms with Crippen LogP contribution < -0.4 is 10.6 Å². The molecule has 6 unspecified atom stereocenters. The number of hydrogen-bond acceptors (Lipinski definition) is 6. The maximum atomic E-state index is 13.9. The van der Waals surface area contributed by atoms with E-state index in [1.54, 1.807) is 0 Å². The zero-order chi connectivity index (χ0) is 31.6. The van der Waals surface area contributed by atoms with E-state index in [0.29, 0.717) is 18.1 Å². The molecule has 3 rings (SSSR count). The number of benzene rings is 1. The van der Waals surface area contributed by atoms with E-state index in [-0.39, 0.29) is 48.1 Å². The Morgan fingerprint density at radius 1 is 1.02 bits per heavy atom. The Morgan fingerprint density at radius 2 is 1.64 bits per heavy atom. The third kappa shape index (κ3) is 8.00. The molecule has 9 nitrogen and oxygen atoms in total. The molecule has 0 saturated carbocycles. The van der Waals surface area contributed by atoms with Crippen LogP contribution in [0.25, 0.3) is 11.3 Å². The summed E-state index contributed by atoms with van der Waals surface area (Å²) in [6.07, 6.45) is 1.42. The molecule has 1 fully saturated rings. The molecule has 0 bridgehead atoms. The van der Waals surface area contributed by atoms with Gasteiger partial charge >= 0.3 is 0 Å². The van der Waals surface area contributed by atoms with Crippen LogP contribution in [-0.2, 0) is 14.4 Å². The van der Waals surface area contributed by atoms with Crippen molar-refractivity contribution in [2.45, 2.75) is 106 Å². The lowest BCUT2D eigenvalue weighted by Crippen LogP contribution is -2.58. The maximum absolute atomic E-state index is 13.9. The number of hydrogen-bond donors (Lipinski definition) is 3. The summed E-state index contributed by atoms with van der Waals surface area (Å²) in [4.78, 5) is 46.2. The van der Waals surface area contributed by atoms with Gasteiger partial charge in [-0.05, 0) is 42.6 Å². The van der Waals surface area contributed by atoms with E-state index in [0.717, 1.165) is 16.8 Å². The highest BCUT2D eigenvalue weighted by Gasteiger charge is 2.45. The van der Waals surface area contributed by atoms with E-state index in [1.165, 1.54) is 11.3 Å². The fourth-order valence-corrected chi connectivity index (χ4v) is 5.29.